The Morgan fingerprint density at radius 1 is 1.38 bits per heavy atom. The number of morpholine rings is 1. The van der Waals surface area contributed by atoms with E-state index in [4.69, 9.17) is 4.74 Å². The third kappa shape index (κ3) is 2.70. The van der Waals surface area contributed by atoms with E-state index in [-0.39, 0.29) is 18.6 Å². The Morgan fingerprint density at radius 3 is 2.67 bits per heavy atom. The molecule has 6 heteroatoms. The molecule has 1 aliphatic carbocycles. The molecule has 2 heterocycles. The molecule has 1 aromatic heterocycles. The minimum absolute atomic E-state index is 0.0875. The van der Waals surface area contributed by atoms with Gasteiger partial charge in [-0.25, -0.2) is 4.79 Å². The van der Waals surface area contributed by atoms with E-state index in [2.05, 4.69) is 0 Å². The van der Waals surface area contributed by atoms with Crippen molar-refractivity contribution in [3.05, 3.63) is 21.9 Å². The van der Waals surface area contributed by atoms with Gasteiger partial charge < -0.3 is 14.7 Å². The van der Waals surface area contributed by atoms with Crippen LogP contribution in [0.25, 0.3) is 0 Å². The van der Waals surface area contributed by atoms with Crippen molar-refractivity contribution in [1.29, 1.82) is 0 Å². The van der Waals surface area contributed by atoms with Crippen molar-refractivity contribution in [1.82, 2.24) is 4.90 Å². The summed E-state index contributed by atoms with van der Waals surface area (Å²) in [7, 11) is 0. The van der Waals surface area contributed by atoms with Crippen LogP contribution in [0.5, 0.6) is 0 Å². The second-order valence-corrected chi connectivity index (χ2v) is 7.02. The zero-order chi connectivity index (χ0) is 15.0. The zero-order valence-corrected chi connectivity index (χ0v) is 12.8. The normalized spacial score (nSPS) is 27.3. The standard InChI is InChI=1S/C15H19NO4S/c1-9-6-7-11(21-9)13-14(15(18)19)20-8-12(17)16(13)10-4-2-3-5-10/h6-7,10,13-14H,2-5,8H2,1H3,(H,18,19)/t13-,14+/m1/s1. The van der Waals surface area contributed by atoms with Crippen LogP contribution in [-0.4, -0.2) is 40.6 Å². The van der Waals surface area contributed by atoms with Crippen LogP contribution in [0.4, 0.5) is 0 Å². The first-order valence-electron chi connectivity index (χ1n) is 7.30. The summed E-state index contributed by atoms with van der Waals surface area (Å²) in [5.74, 6) is -1.09. The average Bonchev–Trinajstić information content (AvgIpc) is 3.09. The highest BCUT2D eigenvalue weighted by Crippen LogP contribution is 2.39. The number of hydrogen-bond donors (Lipinski definition) is 1. The molecule has 1 N–H and O–H groups in total. The molecule has 2 atom stereocenters. The summed E-state index contributed by atoms with van der Waals surface area (Å²) in [6, 6.07) is 3.54. The molecule has 114 valence electrons. The largest absolute Gasteiger partial charge is 0.479 e. The number of rotatable bonds is 3. The summed E-state index contributed by atoms with van der Waals surface area (Å²) >= 11 is 1.54. The first kappa shape index (κ1) is 14.5. The van der Waals surface area contributed by atoms with Crippen molar-refractivity contribution < 1.29 is 19.4 Å². The Morgan fingerprint density at radius 2 is 2.10 bits per heavy atom. The van der Waals surface area contributed by atoms with Crippen molar-refractivity contribution in [2.75, 3.05) is 6.61 Å². The summed E-state index contributed by atoms with van der Waals surface area (Å²) < 4.78 is 5.33. The maximum atomic E-state index is 12.4. The number of hydrogen-bond acceptors (Lipinski definition) is 4. The molecule has 5 nitrogen and oxygen atoms in total. The highest BCUT2D eigenvalue weighted by Gasteiger charge is 2.45. The third-order valence-corrected chi connectivity index (χ3v) is 5.35. The van der Waals surface area contributed by atoms with E-state index in [0.29, 0.717) is 0 Å². The molecular weight excluding hydrogens is 290 g/mol. The lowest BCUT2D eigenvalue weighted by Gasteiger charge is -2.42. The van der Waals surface area contributed by atoms with Crippen molar-refractivity contribution in [3.63, 3.8) is 0 Å². The lowest BCUT2D eigenvalue weighted by atomic mass is 10.0. The number of carboxylic acid groups (broad SMARTS) is 1. The van der Waals surface area contributed by atoms with Crippen LogP contribution >= 0.6 is 11.3 Å². The Bertz CT molecular complexity index is 550. The van der Waals surface area contributed by atoms with Crippen molar-refractivity contribution >= 4 is 23.2 Å². The monoisotopic (exact) mass is 309 g/mol. The molecule has 0 aromatic carbocycles. The van der Waals surface area contributed by atoms with Gasteiger partial charge in [0.1, 0.15) is 12.6 Å². The van der Waals surface area contributed by atoms with Gasteiger partial charge in [-0.3, -0.25) is 4.79 Å². The fraction of sp³-hybridized carbons (Fsp3) is 0.600. The van der Waals surface area contributed by atoms with Gasteiger partial charge in [0.05, 0.1) is 0 Å². The molecule has 0 bridgehead atoms. The van der Waals surface area contributed by atoms with Crippen LogP contribution < -0.4 is 0 Å². The SMILES string of the molecule is Cc1ccc([C@@H]2[C@@H](C(=O)O)OCC(=O)N2C2CCCC2)s1. The van der Waals surface area contributed by atoms with Gasteiger partial charge in [0.2, 0.25) is 5.91 Å². The second-order valence-electron chi connectivity index (χ2n) is 5.70. The van der Waals surface area contributed by atoms with Gasteiger partial charge in [-0.05, 0) is 31.9 Å². The van der Waals surface area contributed by atoms with E-state index < -0.39 is 18.1 Å². The van der Waals surface area contributed by atoms with E-state index in [0.717, 1.165) is 35.4 Å². The number of aryl methyl sites for hydroxylation is 1. The van der Waals surface area contributed by atoms with Crippen LogP contribution in [0.3, 0.4) is 0 Å². The zero-order valence-electron chi connectivity index (χ0n) is 11.9. The molecule has 1 saturated carbocycles. The predicted molar refractivity (Wildman–Crippen MR) is 78.3 cm³/mol. The molecule has 2 fully saturated rings. The second kappa shape index (κ2) is 5.77. The number of carbonyl (C=O) groups excluding carboxylic acids is 1. The quantitative estimate of drug-likeness (QED) is 0.930. The molecule has 3 rings (SSSR count). The third-order valence-electron chi connectivity index (χ3n) is 4.27. The van der Waals surface area contributed by atoms with E-state index >= 15 is 0 Å². The summed E-state index contributed by atoms with van der Waals surface area (Å²) in [6.45, 7) is 1.85. The molecule has 21 heavy (non-hydrogen) atoms. The lowest BCUT2D eigenvalue weighted by molar-refractivity contribution is -0.176. The van der Waals surface area contributed by atoms with Gasteiger partial charge >= 0.3 is 5.97 Å². The summed E-state index contributed by atoms with van der Waals surface area (Å²) in [5.41, 5.74) is 0. The summed E-state index contributed by atoms with van der Waals surface area (Å²) in [4.78, 5) is 27.7. The molecule has 1 saturated heterocycles. The fourth-order valence-electron chi connectivity index (χ4n) is 3.35. The number of aliphatic carboxylic acids is 1. The summed E-state index contributed by atoms with van der Waals surface area (Å²) in [6.07, 6.45) is 3.14. The van der Waals surface area contributed by atoms with Crippen LogP contribution in [-0.2, 0) is 14.3 Å². The van der Waals surface area contributed by atoms with Crippen LogP contribution in [0.15, 0.2) is 12.1 Å². The smallest absolute Gasteiger partial charge is 0.335 e. The molecule has 1 amide bonds. The highest BCUT2D eigenvalue weighted by molar-refractivity contribution is 7.12. The van der Waals surface area contributed by atoms with Gasteiger partial charge in [-0.15, -0.1) is 11.3 Å². The molecule has 0 unspecified atom stereocenters. The Balaban J connectivity index is 1.99. The number of carbonyl (C=O) groups is 2. The first-order chi connectivity index (χ1) is 10.1. The molecule has 1 aromatic rings. The van der Waals surface area contributed by atoms with Gasteiger partial charge in [0.15, 0.2) is 6.10 Å². The Kier molecular flexibility index (Phi) is 3.99. The van der Waals surface area contributed by atoms with Gasteiger partial charge in [-0.2, -0.15) is 0 Å². The van der Waals surface area contributed by atoms with E-state index in [9.17, 15) is 14.7 Å². The minimum atomic E-state index is -0.999. The number of nitrogens with zero attached hydrogens (tertiary/aromatic N) is 1. The maximum Gasteiger partial charge on any atom is 0.335 e. The number of carboxylic acids is 1. The predicted octanol–water partition coefficient (Wildman–Crippen LogP) is 2.35. The van der Waals surface area contributed by atoms with Crippen molar-refractivity contribution in [3.8, 4) is 0 Å². The molecule has 0 spiro atoms. The first-order valence-corrected chi connectivity index (χ1v) is 8.11. The Labute approximate surface area is 127 Å². The fourth-order valence-corrected chi connectivity index (χ4v) is 4.35. The van der Waals surface area contributed by atoms with Crippen LogP contribution in [0.1, 0.15) is 41.5 Å². The molecule has 0 radical (unpaired) electrons. The number of thiophene rings is 1. The number of amides is 1. The van der Waals surface area contributed by atoms with Gasteiger partial charge in [0.25, 0.3) is 0 Å². The average molecular weight is 309 g/mol. The lowest BCUT2D eigenvalue weighted by Crippen LogP contribution is -2.54. The van der Waals surface area contributed by atoms with Gasteiger partial charge in [0, 0.05) is 15.8 Å². The maximum absolute atomic E-state index is 12.4. The van der Waals surface area contributed by atoms with Crippen molar-refractivity contribution in [2.24, 2.45) is 0 Å². The minimum Gasteiger partial charge on any atom is -0.479 e. The topological polar surface area (TPSA) is 66.8 Å². The van der Waals surface area contributed by atoms with E-state index in [1.54, 1.807) is 16.2 Å². The summed E-state index contributed by atoms with van der Waals surface area (Å²) in [5, 5.41) is 9.47. The molecule has 2 aliphatic rings. The van der Waals surface area contributed by atoms with Crippen LogP contribution in [0.2, 0.25) is 0 Å². The van der Waals surface area contributed by atoms with E-state index in [1.807, 2.05) is 19.1 Å². The van der Waals surface area contributed by atoms with Crippen molar-refractivity contribution in [2.45, 2.75) is 50.8 Å². The van der Waals surface area contributed by atoms with E-state index in [1.165, 1.54) is 0 Å². The molecule has 1 aliphatic heterocycles. The highest BCUT2D eigenvalue weighted by atomic mass is 32.1. The Hall–Kier alpha value is -1.40. The number of ether oxygens (including phenoxy) is 1. The van der Waals surface area contributed by atoms with Gasteiger partial charge in [-0.1, -0.05) is 12.8 Å². The molecular formula is C15H19NO4S. The van der Waals surface area contributed by atoms with Crippen LogP contribution in [0, 0.1) is 6.92 Å².